The Bertz CT molecular complexity index is 642. The molecule has 1 aromatic carbocycles. The number of benzene rings is 1. The van der Waals surface area contributed by atoms with E-state index in [4.69, 9.17) is 16.7 Å². The van der Waals surface area contributed by atoms with Gasteiger partial charge in [0.1, 0.15) is 5.82 Å². The van der Waals surface area contributed by atoms with E-state index < -0.39 is 0 Å². The second-order valence-electron chi connectivity index (χ2n) is 4.92. The number of H-pyrrole nitrogens is 1. The molecule has 20 heavy (non-hydrogen) atoms. The van der Waals surface area contributed by atoms with Crippen LogP contribution in [0.15, 0.2) is 23.0 Å². The van der Waals surface area contributed by atoms with E-state index in [0.717, 1.165) is 13.0 Å². The molecule has 0 spiro atoms. The summed E-state index contributed by atoms with van der Waals surface area (Å²) < 4.78 is 0. The number of aromatic nitrogens is 2. The number of aromatic amines is 1. The molecule has 5 nitrogen and oxygen atoms in total. The average molecular weight is 296 g/mol. The van der Waals surface area contributed by atoms with Gasteiger partial charge in [-0.3, -0.25) is 4.79 Å². The molecule has 3 N–H and O–H groups in total. The number of aliphatic hydroxyl groups excluding tert-OH is 1. The van der Waals surface area contributed by atoms with Crippen molar-refractivity contribution < 1.29 is 5.11 Å². The fourth-order valence-corrected chi connectivity index (χ4v) is 2.17. The van der Waals surface area contributed by atoms with Crippen molar-refractivity contribution in [3.63, 3.8) is 0 Å². The standard InChI is InChI=1S/C14H18ClN3O2/c1-9(4-5-19)7-16-8-13-17-12-6-10(15)2-3-11(12)14(20)18-13/h2-3,6,9,16,19H,4-5,7-8H2,1H3,(H,17,18,20). The molecule has 0 aliphatic heterocycles. The first-order valence-electron chi connectivity index (χ1n) is 6.60. The maximum atomic E-state index is 11.9. The highest BCUT2D eigenvalue weighted by Gasteiger charge is 2.05. The Labute approximate surface area is 122 Å². The minimum absolute atomic E-state index is 0.160. The van der Waals surface area contributed by atoms with Crippen LogP contribution < -0.4 is 10.9 Å². The van der Waals surface area contributed by atoms with E-state index in [1.54, 1.807) is 18.2 Å². The molecule has 0 fully saturated rings. The van der Waals surface area contributed by atoms with Gasteiger partial charge in [0.15, 0.2) is 0 Å². The number of halogens is 1. The SMILES string of the molecule is CC(CCO)CNCc1nc2cc(Cl)ccc2c(=O)[nH]1. The van der Waals surface area contributed by atoms with Crippen LogP contribution in [0, 0.1) is 5.92 Å². The summed E-state index contributed by atoms with van der Waals surface area (Å²) >= 11 is 5.91. The molecule has 0 aliphatic carbocycles. The van der Waals surface area contributed by atoms with Crippen LogP contribution in [0.25, 0.3) is 10.9 Å². The molecule has 0 saturated heterocycles. The summed E-state index contributed by atoms with van der Waals surface area (Å²) in [4.78, 5) is 19.1. The second-order valence-corrected chi connectivity index (χ2v) is 5.36. The van der Waals surface area contributed by atoms with Crippen LogP contribution in [0.1, 0.15) is 19.2 Å². The van der Waals surface area contributed by atoms with Crippen LogP contribution in [-0.4, -0.2) is 28.2 Å². The summed E-state index contributed by atoms with van der Waals surface area (Å²) in [6.07, 6.45) is 0.754. The van der Waals surface area contributed by atoms with E-state index in [1.807, 2.05) is 0 Å². The fraction of sp³-hybridized carbons (Fsp3) is 0.429. The van der Waals surface area contributed by atoms with Crippen molar-refractivity contribution in [2.45, 2.75) is 19.9 Å². The Hall–Kier alpha value is -1.43. The lowest BCUT2D eigenvalue weighted by Gasteiger charge is -2.10. The first kappa shape index (κ1) is 15.0. The third-order valence-corrected chi connectivity index (χ3v) is 3.36. The van der Waals surface area contributed by atoms with Gasteiger partial charge in [0.2, 0.25) is 0 Å². The van der Waals surface area contributed by atoms with Crippen molar-refractivity contribution in [2.75, 3.05) is 13.2 Å². The third kappa shape index (κ3) is 3.79. The fourth-order valence-electron chi connectivity index (χ4n) is 2.00. The number of aliphatic hydroxyl groups is 1. The Morgan fingerprint density at radius 1 is 1.50 bits per heavy atom. The predicted molar refractivity (Wildman–Crippen MR) is 79.9 cm³/mol. The number of rotatable bonds is 6. The molecule has 0 amide bonds. The van der Waals surface area contributed by atoms with Crippen LogP contribution in [0.2, 0.25) is 5.02 Å². The normalized spacial score (nSPS) is 12.8. The summed E-state index contributed by atoms with van der Waals surface area (Å²) in [5.74, 6) is 0.961. The number of nitrogens with one attached hydrogen (secondary N) is 2. The van der Waals surface area contributed by atoms with Gasteiger partial charge in [-0.05, 0) is 37.1 Å². The van der Waals surface area contributed by atoms with E-state index in [9.17, 15) is 4.79 Å². The van der Waals surface area contributed by atoms with Gasteiger partial charge in [0.05, 0.1) is 17.4 Å². The van der Waals surface area contributed by atoms with Gasteiger partial charge in [-0.1, -0.05) is 18.5 Å². The average Bonchev–Trinajstić information content (AvgIpc) is 2.38. The quantitative estimate of drug-likeness (QED) is 0.758. The van der Waals surface area contributed by atoms with Gasteiger partial charge in [0, 0.05) is 11.6 Å². The molecule has 0 radical (unpaired) electrons. The van der Waals surface area contributed by atoms with E-state index in [0.29, 0.717) is 34.2 Å². The highest BCUT2D eigenvalue weighted by atomic mass is 35.5. The molecule has 0 aliphatic rings. The Balaban J connectivity index is 2.09. The highest BCUT2D eigenvalue weighted by molar-refractivity contribution is 6.31. The molecule has 2 aromatic rings. The third-order valence-electron chi connectivity index (χ3n) is 3.12. The Morgan fingerprint density at radius 2 is 2.30 bits per heavy atom. The lowest BCUT2D eigenvalue weighted by molar-refractivity contribution is 0.260. The molecule has 1 unspecified atom stereocenters. The molecule has 0 saturated carbocycles. The summed E-state index contributed by atoms with van der Waals surface area (Å²) in [7, 11) is 0. The van der Waals surface area contributed by atoms with Gasteiger partial charge < -0.3 is 15.4 Å². The minimum Gasteiger partial charge on any atom is -0.396 e. The van der Waals surface area contributed by atoms with Gasteiger partial charge in [0.25, 0.3) is 5.56 Å². The molecule has 6 heteroatoms. The lowest BCUT2D eigenvalue weighted by Crippen LogP contribution is -2.24. The maximum absolute atomic E-state index is 11.9. The van der Waals surface area contributed by atoms with E-state index in [1.165, 1.54) is 0 Å². The first-order valence-corrected chi connectivity index (χ1v) is 6.98. The van der Waals surface area contributed by atoms with Gasteiger partial charge in [-0.2, -0.15) is 0 Å². The maximum Gasteiger partial charge on any atom is 0.258 e. The van der Waals surface area contributed by atoms with Crippen LogP contribution in [-0.2, 0) is 6.54 Å². The minimum atomic E-state index is -0.160. The summed E-state index contributed by atoms with van der Waals surface area (Å²) in [6, 6.07) is 5.03. The van der Waals surface area contributed by atoms with Crippen molar-refractivity contribution in [2.24, 2.45) is 5.92 Å². The molecule has 1 aromatic heterocycles. The summed E-state index contributed by atoms with van der Waals surface area (Å²) in [5.41, 5.74) is 0.438. The van der Waals surface area contributed by atoms with Crippen molar-refractivity contribution in [3.8, 4) is 0 Å². The topological polar surface area (TPSA) is 78.0 Å². The second kappa shape index (κ2) is 6.83. The predicted octanol–water partition coefficient (Wildman–Crippen LogP) is 1.68. The Kier molecular flexibility index (Phi) is 5.11. The van der Waals surface area contributed by atoms with E-state index >= 15 is 0 Å². The monoisotopic (exact) mass is 295 g/mol. The molecule has 2 rings (SSSR count). The van der Waals surface area contributed by atoms with Crippen molar-refractivity contribution in [1.29, 1.82) is 0 Å². The number of fused-ring (bicyclic) bond motifs is 1. The van der Waals surface area contributed by atoms with E-state index in [-0.39, 0.29) is 12.2 Å². The van der Waals surface area contributed by atoms with Crippen LogP contribution >= 0.6 is 11.6 Å². The molecule has 0 bridgehead atoms. The van der Waals surface area contributed by atoms with Crippen LogP contribution in [0.5, 0.6) is 0 Å². The number of hydrogen-bond donors (Lipinski definition) is 3. The Morgan fingerprint density at radius 3 is 3.05 bits per heavy atom. The number of hydrogen-bond acceptors (Lipinski definition) is 4. The van der Waals surface area contributed by atoms with Gasteiger partial charge in [-0.25, -0.2) is 4.98 Å². The van der Waals surface area contributed by atoms with Gasteiger partial charge in [-0.15, -0.1) is 0 Å². The van der Waals surface area contributed by atoms with Crippen molar-refractivity contribution >= 4 is 22.5 Å². The van der Waals surface area contributed by atoms with E-state index in [2.05, 4.69) is 22.2 Å². The smallest absolute Gasteiger partial charge is 0.258 e. The summed E-state index contributed by atoms with van der Waals surface area (Å²) in [5, 5.41) is 13.1. The van der Waals surface area contributed by atoms with Crippen molar-refractivity contribution in [1.82, 2.24) is 15.3 Å². The van der Waals surface area contributed by atoms with Crippen LogP contribution in [0.4, 0.5) is 0 Å². The molecule has 108 valence electrons. The van der Waals surface area contributed by atoms with Gasteiger partial charge >= 0.3 is 0 Å². The molecular weight excluding hydrogens is 278 g/mol. The molecule has 1 heterocycles. The molecular formula is C14H18ClN3O2. The first-order chi connectivity index (χ1) is 9.60. The zero-order valence-corrected chi connectivity index (χ0v) is 12.1. The lowest BCUT2D eigenvalue weighted by atomic mass is 10.1. The van der Waals surface area contributed by atoms with Crippen molar-refractivity contribution in [3.05, 3.63) is 39.4 Å². The summed E-state index contributed by atoms with van der Waals surface area (Å²) in [6.45, 7) is 3.48. The number of nitrogens with zero attached hydrogens (tertiary/aromatic N) is 1. The molecule has 1 atom stereocenters. The zero-order chi connectivity index (χ0) is 14.5. The largest absolute Gasteiger partial charge is 0.396 e. The highest BCUT2D eigenvalue weighted by Crippen LogP contribution is 2.14. The van der Waals surface area contributed by atoms with Crippen LogP contribution in [0.3, 0.4) is 0 Å². The zero-order valence-electron chi connectivity index (χ0n) is 11.3.